The van der Waals surface area contributed by atoms with Gasteiger partial charge in [-0.1, -0.05) is 25.7 Å². The highest BCUT2D eigenvalue weighted by molar-refractivity contribution is 5.74. The van der Waals surface area contributed by atoms with Crippen LogP contribution in [0.4, 0.5) is 0 Å². The molecule has 0 aromatic heterocycles. The molecule has 2 nitrogen and oxygen atoms in total. The molecule has 0 aliphatic heterocycles. The summed E-state index contributed by atoms with van der Waals surface area (Å²) in [6, 6.07) is 0. The Morgan fingerprint density at radius 2 is 1.69 bits per heavy atom. The van der Waals surface area contributed by atoms with Crippen molar-refractivity contribution in [2.24, 2.45) is 23.5 Å². The van der Waals surface area contributed by atoms with Crippen LogP contribution in [0.15, 0.2) is 0 Å². The predicted molar refractivity (Wildman–Crippen MR) is 52.0 cm³/mol. The van der Waals surface area contributed by atoms with Crippen molar-refractivity contribution >= 4 is 5.91 Å². The smallest absolute Gasteiger partial charge is 0.217 e. The van der Waals surface area contributed by atoms with Crippen molar-refractivity contribution in [1.82, 2.24) is 0 Å². The van der Waals surface area contributed by atoms with Crippen LogP contribution in [-0.4, -0.2) is 5.91 Å². The van der Waals surface area contributed by atoms with E-state index in [-0.39, 0.29) is 5.91 Å². The Morgan fingerprint density at radius 3 is 2.15 bits per heavy atom. The van der Waals surface area contributed by atoms with Crippen molar-refractivity contribution in [3.63, 3.8) is 0 Å². The van der Waals surface area contributed by atoms with Crippen LogP contribution in [-0.2, 0) is 4.79 Å². The molecular weight excluding hydrogens is 162 g/mol. The monoisotopic (exact) mass is 181 g/mol. The van der Waals surface area contributed by atoms with E-state index in [1.807, 2.05) is 0 Å². The second kappa shape index (κ2) is 3.69. The third-order valence-electron chi connectivity index (χ3n) is 3.83. The zero-order valence-corrected chi connectivity index (χ0v) is 8.17. The van der Waals surface area contributed by atoms with Gasteiger partial charge in [-0.3, -0.25) is 4.79 Å². The van der Waals surface area contributed by atoms with E-state index in [9.17, 15) is 4.79 Å². The standard InChI is InChI=1S/C11H19NO/c12-11(13)7-8-5-9-3-1-2-4-10(9)6-8/h8-10H,1-7H2,(H2,12,13)/t9-,10-/m1/s1. The number of rotatable bonds is 2. The zero-order valence-electron chi connectivity index (χ0n) is 8.17. The normalized spacial score (nSPS) is 34.5. The summed E-state index contributed by atoms with van der Waals surface area (Å²) in [4.78, 5) is 10.8. The van der Waals surface area contributed by atoms with E-state index < -0.39 is 0 Å². The molecule has 0 spiro atoms. The van der Waals surface area contributed by atoms with E-state index in [1.165, 1.54) is 38.5 Å². The van der Waals surface area contributed by atoms with Gasteiger partial charge in [-0.15, -0.1) is 0 Å². The molecule has 2 atom stereocenters. The van der Waals surface area contributed by atoms with Gasteiger partial charge in [-0.25, -0.2) is 0 Å². The lowest BCUT2D eigenvalue weighted by atomic mass is 9.82. The lowest BCUT2D eigenvalue weighted by Crippen LogP contribution is -2.14. The Bertz CT molecular complexity index is 188. The summed E-state index contributed by atoms with van der Waals surface area (Å²) in [6.45, 7) is 0. The topological polar surface area (TPSA) is 43.1 Å². The summed E-state index contributed by atoms with van der Waals surface area (Å²) in [5.74, 6) is 2.37. The summed E-state index contributed by atoms with van der Waals surface area (Å²) < 4.78 is 0. The Balaban J connectivity index is 1.87. The molecule has 0 heterocycles. The summed E-state index contributed by atoms with van der Waals surface area (Å²) in [5.41, 5.74) is 5.22. The Kier molecular flexibility index (Phi) is 2.56. The highest BCUT2D eigenvalue weighted by Gasteiger charge is 2.35. The van der Waals surface area contributed by atoms with Crippen LogP contribution in [0.2, 0.25) is 0 Å². The fourth-order valence-electron chi connectivity index (χ4n) is 3.31. The SMILES string of the molecule is NC(=O)CC1C[C@H]2CCCC[C@@H]2C1. The van der Waals surface area contributed by atoms with Crippen molar-refractivity contribution in [2.75, 3.05) is 0 Å². The van der Waals surface area contributed by atoms with Crippen LogP contribution in [0.25, 0.3) is 0 Å². The Hall–Kier alpha value is -0.530. The first kappa shape index (κ1) is 9.04. The van der Waals surface area contributed by atoms with E-state index in [0.29, 0.717) is 12.3 Å². The van der Waals surface area contributed by atoms with E-state index in [0.717, 1.165) is 11.8 Å². The number of carbonyl (C=O) groups is 1. The molecule has 13 heavy (non-hydrogen) atoms. The number of hydrogen-bond donors (Lipinski definition) is 1. The molecule has 0 bridgehead atoms. The van der Waals surface area contributed by atoms with Gasteiger partial charge in [0.25, 0.3) is 0 Å². The molecule has 2 N–H and O–H groups in total. The number of amides is 1. The molecule has 2 fully saturated rings. The molecule has 0 aromatic carbocycles. The first-order chi connectivity index (χ1) is 6.25. The van der Waals surface area contributed by atoms with Crippen LogP contribution in [0.3, 0.4) is 0 Å². The predicted octanol–water partition coefficient (Wildman–Crippen LogP) is 2.08. The van der Waals surface area contributed by atoms with Gasteiger partial charge in [0.15, 0.2) is 0 Å². The average molecular weight is 181 g/mol. The fraction of sp³-hybridized carbons (Fsp3) is 0.909. The average Bonchev–Trinajstić information content (AvgIpc) is 2.44. The number of carbonyl (C=O) groups excluding carboxylic acids is 1. The van der Waals surface area contributed by atoms with Gasteiger partial charge in [-0.05, 0) is 30.6 Å². The van der Waals surface area contributed by atoms with E-state index in [2.05, 4.69) is 0 Å². The van der Waals surface area contributed by atoms with Crippen molar-refractivity contribution in [3.05, 3.63) is 0 Å². The van der Waals surface area contributed by atoms with Crippen LogP contribution >= 0.6 is 0 Å². The Labute approximate surface area is 79.9 Å². The van der Waals surface area contributed by atoms with E-state index in [4.69, 9.17) is 5.73 Å². The highest BCUT2D eigenvalue weighted by atomic mass is 16.1. The van der Waals surface area contributed by atoms with Gasteiger partial charge >= 0.3 is 0 Å². The van der Waals surface area contributed by atoms with Gasteiger partial charge in [0.2, 0.25) is 5.91 Å². The van der Waals surface area contributed by atoms with Gasteiger partial charge in [0.1, 0.15) is 0 Å². The highest BCUT2D eigenvalue weighted by Crippen LogP contribution is 2.45. The van der Waals surface area contributed by atoms with Crippen molar-refractivity contribution in [3.8, 4) is 0 Å². The molecule has 2 aliphatic carbocycles. The first-order valence-corrected chi connectivity index (χ1v) is 5.54. The molecule has 0 aromatic rings. The van der Waals surface area contributed by atoms with Crippen molar-refractivity contribution in [2.45, 2.75) is 44.9 Å². The Morgan fingerprint density at radius 1 is 1.15 bits per heavy atom. The minimum Gasteiger partial charge on any atom is -0.370 e. The summed E-state index contributed by atoms with van der Waals surface area (Å²) in [5, 5.41) is 0. The molecule has 2 rings (SSSR count). The van der Waals surface area contributed by atoms with E-state index in [1.54, 1.807) is 0 Å². The second-order valence-corrected chi connectivity index (χ2v) is 4.81. The molecule has 74 valence electrons. The maximum atomic E-state index is 10.8. The van der Waals surface area contributed by atoms with Crippen molar-refractivity contribution in [1.29, 1.82) is 0 Å². The summed E-state index contributed by atoms with van der Waals surface area (Å²) in [7, 11) is 0. The summed E-state index contributed by atoms with van der Waals surface area (Å²) >= 11 is 0. The molecular formula is C11H19NO. The van der Waals surface area contributed by atoms with Gasteiger partial charge in [0, 0.05) is 6.42 Å². The lowest BCUT2D eigenvalue weighted by molar-refractivity contribution is -0.118. The first-order valence-electron chi connectivity index (χ1n) is 5.54. The molecule has 2 heteroatoms. The molecule has 2 saturated carbocycles. The molecule has 0 saturated heterocycles. The number of fused-ring (bicyclic) bond motifs is 1. The molecule has 0 unspecified atom stereocenters. The van der Waals surface area contributed by atoms with Crippen LogP contribution in [0.1, 0.15) is 44.9 Å². The second-order valence-electron chi connectivity index (χ2n) is 4.81. The summed E-state index contributed by atoms with van der Waals surface area (Å²) in [6.07, 6.45) is 8.79. The third kappa shape index (κ3) is 2.04. The minimum atomic E-state index is -0.108. The van der Waals surface area contributed by atoms with E-state index >= 15 is 0 Å². The largest absolute Gasteiger partial charge is 0.370 e. The van der Waals surface area contributed by atoms with Gasteiger partial charge < -0.3 is 5.73 Å². The quantitative estimate of drug-likeness (QED) is 0.696. The van der Waals surface area contributed by atoms with Gasteiger partial charge in [-0.2, -0.15) is 0 Å². The molecule has 2 aliphatic rings. The van der Waals surface area contributed by atoms with Crippen molar-refractivity contribution < 1.29 is 4.79 Å². The van der Waals surface area contributed by atoms with Crippen LogP contribution < -0.4 is 5.73 Å². The van der Waals surface area contributed by atoms with Crippen LogP contribution in [0.5, 0.6) is 0 Å². The maximum absolute atomic E-state index is 10.8. The third-order valence-corrected chi connectivity index (χ3v) is 3.83. The lowest BCUT2D eigenvalue weighted by Gasteiger charge is -2.24. The molecule has 1 amide bonds. The molecule has 0 radical (unpaired) electrons. The van der Waals surface area contributed by atoms with Crippen LogP contribution in [0, 0.1) is 17.8 Å². The van der Waals surface area contributed by atoms with Gasteiger partial charge in [0.05, 0.1) is 0 Å². The number of hydrogen-bond acceptors (Lipinski definition) is 1. The number of primary amides is 1. The number of nitrogens with two attached hydrogens (primary N) is 1. The zero-order chi connectivity index (χ0) is 9.26. The minimum absolute atomic E-state index is 0.108. The fourth-order valence-corrected chi connectivity index (χ4v) is 3.31. The maximum Gasteiger partial charge on any atom is 0.217 e.